The Morgan fingerprint density at radius 3 is 2.40 bits per heavy atom. The van der Waals surface area contributed by atoms with Crippen LogP contribution in [0.4, 0.5) is 10.6 Å². The first-order chi connectivity index (χ1) is 9.63. The van der Waals surface area contributed by atoms with Crippen LogP contribution in [0.2, 0.25) is 10.0 Å². The van der Waals surface area contributed by atoms with Gasteiger partial charge in [0, 0.05) is 17.4 Å². The number of benzene rings is 1. The summed E-state index contributed by atoms with van der Waals surface area (Å²) < 4.78 is 0. The fourth-order valence-corrected chi connectivity index (χ4v) is 1.63. The molecule has 0 aliphatic rings. The van der Waals surface area contributed by atoms with Crippen LogP contribution >= 0.6 is 23.2 Å². The second-order valence-electron chi connectivity index (χ2n) is 3.85. The molecule has 2 amide bonds. The van der Waals surface area contributed by atoms with E-state index in [1.807, 2.05) is 12.1 Å². The Hall–Kier alpha value is -2.04. The summed E-state index contributed by atoms with van der Waals surface area (Å²) in [5, 5.41) is 6.33. The highest BCUT2D eigenvalue weighted by Gasteiger charge is 1.99. The zero-order valence-electron chi connectivity index (χ0n) is 10.3. The van der Waals surface area contributed by atoms with Gasteiger partial charge < -0.3 is 5.32 Å². The third-order valence-electron chi connectivity index (χ3n) is 2.33. The highest BCUT2D eigenvalue weighted by atomic mass is 35.5. The van der Waals surface area contributed by atoms with Crippen LogP contribution in [0.15, 0.2) is 48.8 Å². The third-order valence-corrected chi connectivity index (χ3v) is 2.80. The van der Waals surface area contributed by atoms with Crippen molar-refractivity contribution in [2.45, 2.75) is 0 Å². The van der Waals surface area contributed by atoms with Crippen LogP contribution in [0.1, 0.15) is 5.56 Å². The lowest BCUT2D eigenvalue weighted by Gasteiger charge is -2.03. The average Bonchev–Trinajstić information content (AvgIpc) is 2.44. The summed E-state index contributed by atoms with van der Waals surface area (Å²) >= 11 is 11.5. The number of halogens is 2. The summed E-state index contributed by atoms with van der Waals surface area (Å²) in [6, 6.07) is 10.1. The largest absolute Gasteiger partial charge is 0.324 e. The van der Waals surface area contributed by atoms with Crippen molar-refractivity contribution in [3.05, 3.63) is 64.4 Å². The summed E-state index contributed by atoms with van der Waals surface area (Å²) in [7, 11) is 0. The van der Waals surface area contributed by atoms with E-state index in [1.165, 1.54) is 12.4 Å². The minimum Gasteiger partial charge on any atom is -0.314 e. The van der Waals surface area contributed by atoms with Crippen molar-refractivity contribution < 1.29 is 4.79 Å². The molecule has 20 heavy (non-hydrogen) atoms. The molecule has 4 nitrogen and oxygen atoms in total. The van der Waals surface area contributed by atoms with Gasteiger partial charge in [0.15, 0.2) is 0 Å². The maximum atomic E-state index is 11.6. The minimum absolute atomic E-state index is 0.384. The van der Waals surface area contributed by atoms with Gasteiger partial charge >= 0.3 is 6.03 Å². The van der Waals surface area contributed by atoms with E-state index in [9.17, 15) is 4.79 Å². The minimum atomic E-state index is -0.384. The van der Waals surface area contributed by atoms with Gasteiger partial charge in [-0.15, -0.1) is 0 Å². The zero-order valence-corrected chi connectivity index (χ0v) is 11.8. The molecular weight excluding hydrogens is 297 g/mol. The molecule has 1 aromatic heterocycles. The van der Waals surface area contributed by atoms with E-state index in [2.05, 4.69) is 15.6 Å². The molecule has 0 unspecified atom stereocenters. The number of nitrogens with zero attached hydrogens (tertiary/aromatic N) is 1. The molecule has 2 N–H and O–H groups in total. The first kappa shape index (κ1) is 14.4. The number of hydrogen-bond donors (Lipinski definition) is 2. The fraction of sp³-hybridized carbons (Fsp3) is 0. The van der Waals surface area contributed by atoms with E-state index in [1.54, 1.807) is 30.3 Å². The van der Waals surface area contributed by atoms with Gasteiger partial charge in [0.1, 0.15) is 5.82 Å². The fourth-order valence-electron chi connectivity index (χ4n) is 1.39. The summed E-state index contributed by atoms with van der Waals surface area (Å²) in [5.41, 5.74) is 0.930. The standard InChI is InChI=1S/C14H11Cl2N3O/c15-11-3-1-10(2-4-11)7-8-17-14(20)19-13-6-5-12(16)9-18-13/h1-9H,(H2,17,18,19,20)/b8-7+. The highest BCUT2D eigenvalue weighted by molar-refractivity contribution is 6.30. The Labute approximate surface area is 126 Å². The first-order valence-electron chi connectivity index (χ1n) is 5.75. The van der Waals surface area contributed by atoms with Crippen molar-refractivity contribution in [1.82, 2.24) is 10.3 Å². The van der Waals surface area contributed by atoms with E-state index in [0.29, 0.717) is 15.9 Å². The van der Waals surface area contributed by atoms with Crippen molar-refractivity contribution in [2.75, 3.05) is 5.32 Å². The smallest absolute Gasteiger partial charge is 0.314 e. The van der Waals surface area contributed by atoms with E-state index >= 15 is 0 Å². The molecule has 2 rings (SSSR count). The molecule has 0 aliphatic heterocycles. The Kier molecular flexibility index (Phi) is 4.98. The van der Waals surface area contributed by atoms with E-state index < -0.39 is 0 Å². The maximum Gasteiger partial charge on any atom is 0.324 e. The van der Waals surface area contributed by atoms with Crippen LogP contribution in [-0.4, -0.2) is 11.0 Å². The quantitative estimate of drug-likeness (QED) is 0.893. The number of pyridine rings is 1. The molecular formula is C14H11Cl2N3O. The van der Waals surface area contributed by atoms with Crippen LogP contribution in [0.3, 0.4) is 0 Å². The monoisotopic (exact) mass is 307 g/mol. The van der Waals surface area contributed by atoms with Crippen molar-refractivity contribution >= 4 is 41.1 Å². The van der Waals surface area contributed by atoms with Crippen LogP contribution in [0.5, 0.6) is 0 Å². The second-order valence-corrected chi connectivity index (χ2v) is 4.72. The molecule has 0 aliphatic carbocycles. The predicted molar refractivity (Wildman–Crippen MR) is 81.9 cm³/mol. The molecule has 102 valence electrons. The van der Waals surface area contributed by atoms with Crippen LogP contribution in [0, 0.1) is 0 Å². The molecule has 2 aromatic rings. The molecule has 1 aromatic carbocycles. The summed E-state index contributed by atoms with van der Waals surface area (Å²) in [5.74, 6) is 0.423. The normalized spacial score (nSPS) is 10.5. The average molecular weight is 308 g/mol. The third kappa shape index (κ3) is 4.57. The molecule has 0 radical (unpaired) electrons. The number of rotatable bonds is 3. The Morgan fingerprint density at radius 1 is 1.05 bits per heavy atom. The second kappa shape index (κ2) is 6.93. The number of urea groups is 1. The number of hydrogen-bond acceptors (Lipinski definition) is 2. The topological polar surface area (TPSA) is 54.0 Å². The molecule has 0 fully saturated rings. The van der Waals surface area contributed by atoms with Gasteiger partial charge in [-0.1, -0.05) is 35.3 Å². The van der Waals surface area contributed by atoms with Crippen molar-refractivity contribution in [3.8, 4) is 0 Å². The molecule has 0 bridgehead atoms. The molecule has 6 heteroatoms. The van der Waals surface area contributed by atoms with Crippen LogP contribution in [0.25, 0.3) is 6.08 Å². The Morgan fingerprint density at radius 2 is 1.75 bits per heavy atom. The van der Waals surface area contributed by atoms with Crippen molar-refractivity contribution in [2.24, 2.45) is 0 Å². The zero-order chi connectivity index (χ0) is 14.4. The Balaban J connectivity index is 1.85. The lowest BCUT2D eigenvalue weighted by atomic mass is 10.2. The lowest BCUT2D eigenvalue weighted by molar-refractivity contribution is 0.255. The molecule has 1 heterocycles. The number of amides is 2. The SMILES string of the molecule is O=C(N/C=C/c1ccc(Cl)cc1)Nc1ccc(Cl)cn1. The maximum absolute atomic E-state index is 11.6. The first-order valence-corrected chi connectivity index (χ1v) is 6.50. The predicted octanol–water partition coefficient (Wildman–Crippen LogP) is 4.18. The van der Waals surface area contributed by atoms with Crippen LogP contribution in [-0.2, 0) is 0 Å². The van der Waals surface area contributed by atoms with Gasteiger partial charge in [0.05, 0.1) is 5.02 Å². The number of carbonyl (C=O) groups excluding carboxylic acids is 1. The van der Waals surface area contributed by atoms with Crippen molar-refractivity contribution in [1.29, 1.82) is 0 Å². The van der Waals surface area contributed by atoms with Gasteiger partial charge in [0.25, 0.3) is 0 Å². The Bertz CT molecular complexity index is 609. The van der Waals surface area contributed by atoms with Gasteiger partial charge in [0.2, 0.25) is 0 Å². The molecule has 0 spiro atoms. The summed E-state index contributed by atoms with van der Waals surface area (Å²) in [6.07, 6.45) is 4.75. The van der Waals surface area contributed by atoms with Gasteiger partial charge in [-0.05, 0) is 35.9 Å². The van der Waals surface area contributed by atoms with E-state index in [-0.39, 0.29) is 6.03 Å². The number of carbonyl (C=O) groups is 1. The number of nitrogens with one attached hydrogen (secondary N) is 2. The van der Waals surface area contributed by atoms with E-state index in [0.717, 1.165) is 5.56 Å². The summed E-state index contributed by atoms with van der Waals surface area (Å²) in [4.78, 5) is 15.5. The van der Waals surface area contributed by atoms with Gasteiger partial charge in [-0.3, -0.25) is 5.32 Å². The lowest BCUT2D eigenvalue weighted by Crippen LogP contribution is -2.24. The highest BCUT2D eigenvalue weighted by Crippen LogP contribution is 2.10. The van der Waals surface area contributed by atoms with Crippen molar-refractivity contribution in [3.63, 3.8) is 0 Å². The van der Waals surface area contributed by atoms with Gasteiger partial charge in [-0.25, -0.2) is 9.78 Å². The van der Waals surface area contributed by atoms with Gasteiger partial charge in [-0.2, -0.15) is 0 Å². The number of anilines is 1. The molecule has 0 atom stereocenters. The van der Waals surface area contributed by atoms with Crippen LogP contribution < -0.4 is 10.6 Å². The summed E-state index contributed by atoms with van der Waals surface area (Å²) in [6.45, 7) is 0. The number of aromatic nitrogens is 1. The molecule has 0 saturated heterocycles. The molecule has 0 saturated carbocycles. The van der Waals surface area contributed by atoms with E-state index in [4.69, 9.17) is 23.2 Å².